The molecule has 0 saturated carbocycles. The largest absolute Gasteiger partial charge is 0.480 e. The molecule has 2 rings (SSSR count). The molecule has 2 aromatic rings. The second kappa shape index (κ2) is 7.48. The van der Waals surface area contributed by atoms with E-state index in [0.29, 0.717) is 10.7 Å². The van der Waals surface area contributed by atoms with Crippen molar-refractivity contribution in [1.29, 1.82) is 0 Å². The number of carboxylic acids is 1. The molecule has 1 heterocycles. The van der Waals surface area contributed by atoms with Crippen LogP contribution in [0, 0.1) is 0 Å². The van der Waals surface area contributed by atoms with Crippen molar-refractivity contribution < 1.29 is 19.4 Å². The highest BCUT2D eigenvalue weighted by molar-refractivity contribution is 6.31. The number of nitrogens with zero attached hydrogens (tertiary/aromatic N) is 4. The zero-order chi connectivity index (χ0) is 15.9. The number of halogens is 1. The summed E-state index contributed by atoms with van der Waals surface area (Å²) in [5.74, 6) is -1.46. The van der Waals surface area contributed by atoms with Crippen LogP contribution >= 0.6 is 11.6 Å². The number of nitrogens with one attached hydrogen (secondary N) is 1. The van der Waals surface area contributed by atoms with Gasteiger partial charge in [0.2, 0.25) is 0 Å². The minimum Gasteiger partial charge on any atom is -0.480 e. The average Bonchev–Trinajstić information content (AvgIpc) is 3.00. The van der Waals surface area contributed by atoms with E-state index < -0.39 is 18.5 Å². The number of aromatic nitrogens is 4. The number of carbonyl (C=O) groups excluding carboxylic acids is 1. The average molecular weight is 326 g/mol. The summed E-state index contributed by atoms with van der Waals surface area (Å²) < 4.78 is 6.17. The number of tetrazole rings is 1. The van der Waals surface area contributed by atoms with Crippen LogP contribution in [0.1, 0.15) is 10.4 Å². The van der Waals surface area contributed by atoms with Crippen molar-refractivity contribution in [3.8, 4) is 5.69 Å². The molecule has 0 bridgehead atoms. The van der Waals surface area contributed by atoms with E-state index >= 15 is 0 Å². The van der Waals surface area contributed by atoms with Gasteiger partial charge in [0.05, 0.1) is 17.9 Å². The highest BCUT2D eigenvalue weighted by atomic mass is 35.5. The van der Waals surface area contributed by atoms with Gasteiger partial charge in [-0.05, 0) is 28.6 Å². The van der Waals surface area contributed by atoms with E-state index in [9.17, 15) is 9.59 Å². The van der Waals surface area contributed by atoms with Crippen LogP contribution in [0.2, 0.25) is 5.02 Å². The summed E-state index contributed by atoms with van der Waals surface area (Å²) in [7, 11) is 0. The number of amides is 1. The van der Waals surface area contributed by atoms with Crippen LogP contribution < -0.4 is 5.32 Å². The van der Waals surface area contributed by atoms with Gasteiger partial charge in [0, 0.05) is 11.6 Å². The molecule has 0 atom stereocenters. The summed E-state index contributed by atoms with van der Waals surface area (Å²) in [5, 5.41) is 22.2. The van der Waals surface area contributed by atoms with Crippen molar-refractivity contribution >= 4 is 23.5 Å². The Bertz CT molecular complexity index is 662. The van der Waals surface area contributed by atoms with E-state index in [1.165, 1.54) is 17.1 Å². The monoisotopic (exact) mass is 325 g/mol. The third-order valence-corrected chi connectivity index (χ3v) is 2.79. The molecule has 10 heteroatoms. The topological polar surface area (TPSA) is 119 Å². The summed E-state index contributed by atoms with van der Waals surface area (Å²) in [6, 6.07) is 4.73. The van der Waals surface area contributed by atoms with Gasteiger partial charge in [0.15, 0.2) is 0 Å². The molecule has 0 aliphatic heterocycles. The Hall–Kier alpha value is -2.52. The highest BCUT2D eigenvalue weighted by Crippen LogP contribution is 2.18. The highest BCUT2D eigenvalue weighted by Gasteiger charge is 2.14. The van der Waals surface area contributed by atoms with Crippen LogP contribution in [0.4, 0.5) is 0 Å². The van der Waals surface area contributed by atoms with Crippen molar-refractivity contribution in [2.45, 2.75) is 0 Å². The maximum Gasteiger partial charge on any atom is 0.329 e. The third-order valence-electron chi connectivity index (χ3n) is 2.56. The normalized spacial score (nSPS) is 10.4. The lowest BCUT2D eigenvalue weighted by atomic mass is 10.1. The Balaban J connectivity index is 2.03. The van der Waals surface area contributed by atoms with Crippen LogP contribution in [-0.2, 0) is 9.53 Å². The first kappa shape index (κ1) is 15.9. The minimum absolute atomic E-state index is 0.0822. The van der Waals surface area contributed by atoms with Gasteiger partial charge in [-0.2, -0.15) is 4.68 Å². The Kier molecular flexibility index (Phi) is 5.39. The van der Waals surface area contributed by atoms with Crippen molar-refractivity contribution in [3.05, 3.63) is 35.1 Å². The van der Waals surface area contributed by atoms with E-state index in [2.05, 4.69) is 20.8 Å². The number of hydrogen-bond acceptors (Lipinski definition) is 6. The number of benzene rings is 1. The van der Waals surface area contributed by atoms with Gasteiger partial charge in [-0.3, -0.25) is 4.79 Å². The van der Waals surface area contributed by atoms with Gasteiger partial charge in [0.25, 0.3) is 5.91 Å². The molecule has 1 amide bonds. The Morgan fingerprint density at radius 3 is 2.91 bits per heavy atom. The lowest BCUT2D eigenvalue weighted by Gasteiger charge is -2.10. The smallest absolute Gasteiger partial charge is 0.329 e. The number of hydrogen-bond donors (Lipinski definition) is 2. The SMILES string of the molecule is O=C(O)COCCNC(=O)c1cc(Cl)ccc1-n1cnnn1. The van der Waals surface area contributed by atoms with Gasteiger partial charge in [0.1, 0.15) is 12.9 Å². The summed E-state index contributed by atoms with van der Waals surface area (Å²) in [4.78, 5) is 22.5. The molecular weight excluding hydrogens is 314 g/mol. The molecule has 0 aliphatic carbocycles. The van der Waals surface area contributed by atoms with Crippen molar-refractivity contribution in [2.75, 3.05) is 19.8 Å². The summed E-state index contributed by atoms with van der Waals surface area (Å²) in [5.41, 5.74) is 0.761. The zero-order valence-electron chi connectivity index (χ0n) is 11.3. The van der Waals surface area contributed by atoms with Gasteiger partial charge >= 0.3 is 5.97 Å². The molecule has 0 aliphatic rings. The third kappa shape index (κ3) is 4.24. The molecule has 0 unspecified atom stereocenters. The standard InChI is InChI=1S/C12H12ClN5O4/c13-8-1-2-10(18-7-15-16-17-18)9(5-8)12(21)14-3-4-22-6-11(19)20/h1-2,5,7H,3-4,6H2,(H,14,21)(H,19,20). The van der Waals surface area contributed by atoms with Crippen LogP contribution in [0.15, 0.2) is 24.5 Å². The van der Waals surface area contributed by atoms with Gasteiger partial charge < -0.3 is 15.2 Å². The Morgan fingerprint density at radius 1 is 1.41 bits per heavy atom. The van der Waals surface area contributed by atoms with Gasteiger partial charge in [-0.25, -0.2) is 4.79 Å². The van der Waals surface area contributed by atoms with Crippen LogP contribution in [0.3, 0.4) is 0 Å². The quantitative estimate of drug-likeness (QED) is 0.695. The summed E-state index contributed by atoms with van der Waals surface area (Å²) >= 11 is 5.91. The van der Waals surface area contributed by atoms with E-state index in [-0.39, 0.29) is 18.7 Å². The van der Waals surface area contributed by atoms with Crippen LogP contribution in [0.25, 0.3) is 5.69 Å². The van der Waals surface area contributed by atoms with E-state index in [1.807, 2.05) is 0 Å². The predicted octanol–water partition coefficient (Wildman–Crippen LogP) is 0.147. The number of carboxylic acid groups (broad SMARTS) is 1. The summed E-state index contributed by atoms with van der Waals surface area (Å²) in [6.45, 7) is -0.171. The van der Waals surface area contributed by atoms with Crippen molar-refractivity contribution in [3.63, 3.8) is 0 Å². The maximum absolute atomic E-state index is 12.2. The molecule has 2 N–H and O–H groups in total. The van der Waals surface area contributed by atoms with Gasteiger partial charge in [-0.15, -0.1) is 5.10 Å². The number of ether oxygens (including phenoxy) is 1. The lowest BCUT2D eigenvalue weighted by molar-refractivity contribution is -0.142. The van der Waals surface area contributed by atoms with Gasteiger partial charge in [-0.1, -0.05) is 11.6 Å². The van der Waals surface area contributed by atoms with Crippen molar-refractivity contribution in [1.82, 2.24) is 25.5 Å². The first-order valence-electron chi connectivity index (χ1n) is 6.18. The Morgan fingerprint density at radius 2 is 2.23 bits per heavy atom. The first-order valence-corrected chi connectivity index (χ1v) is 6.56. The first-order chi connectivity index (χ1) is 10.6. The van der Waals surface area contributed by atoms with Crippen LogP contribution in [0.5, 0.6) is 0 Å². The fourth-order valence-corrected chi connectivity index (χ4v) is 1.83. The second-order valence-corrected chi connectivity index (χ2v) is 4.55. The molecule has 22 heavy (non-hydrogen) atoms. The van der Waals surface area contributed by atoms with E-state index in [1.54, 1.807) is 12.1 Å². The minimum atomic E-state index is -1.07. The maximum atomic E-state index is 12.2. The van der Waals surface area contributed by atoms with E-state index in [0.717, 1.165) is 0 Å². The number of aliphatic carboxylic acids is 1. The Labute approximate surface area is 129 Å². The molecule has 116 valence electrons. The molecular formula is C12H12ClN5O4. The van der Waals surface area contributed by atoms with Crippen molar-refractivity contribution in [2.24, 2.45) is 0 Å². The lowest BCUT2D eigenvalue weighted by Crippen LogP contribution is -2.29. The zero-order valence-corrected chi connectivity index (χ0v) is 12.0. The molecule has 0 saturated heterocycles. The molecule has 0 spiro atoms. The molecule has 1 aromatic heterocycles. The number of rotatable bonds is 7. The fraction of sp³-hybridized carbons (Fsp3) is 0.250. The number of carbonyl (C=O) groups is 2. The van der Waals surface area contributed by atoms with Crippen LogP contribution in [-0.4, -0.2) is 56.9 Å². The second-order valence-electron chi connectivity index (χ2n) is 4.12. The molecule has 1 aromatic carbocycles. The predicted molar refractivity (Wildman–Crippen MR) is 75.0 cm³/mol. The molecule has 9 nitrogen and oxygen atoms in total. The molecule has 0 radical (unpaired) electrons. The summed E-state index contributed by atoms with van der Waals surface area (Å²) in [6.07, 6.45) is 1.36. The van der Waals surface area contributed by atoms with E-state index in [4.69, 9.17) is 21.4 Å². The molecule has 0 fully saturated rings. The fourth-order valence-electron chi connectivity index (χ4n) is 1.65.